The highest BCUT2D eigenvalue weighted by molar-refractivity contribution is 7.89. The predicted molar refractivity (Wildman–Crippen MR) is 113 cm³/mol. The molecule has 3 rings (SSSR count). The molecule has 2 aromatic rings. The predicted octanol–water partition coefficient (Wildman–Crippen LogP) is 2.85. The number of fused-ring (bicyclic) bond motifs is 1. The van der Waals surface area contributed by atoms with Crippen LogP contribution in [0.5, 0.6) is 17.2 Å². The molecule has 0 unspecified atom stereocenters. The third kappa shape index (κ3) is 4.85. The van der Waals surface area contributed by atoms with Crippen LogP contribution in [0.3, 0.4) is 0 Å². The van der Waals surface area contributed by atoms with E-state index in [-0.39, 0.29) is 29.1 Å². The Morgan fingerprint density at radius 3 is 2.67 bits per heavy atom. The summed E-state index contributed by atoms with van der Waals surface area (Å²) < 4.78 is 45.0. The van der Waals surface area contributed by atoms with Gasteiger partial charge in [0.05, 0.1) is 24.3 Å². The van der Waals surface area contributed by atoms with Crippen molar-refractivity contribution in [2.45, 2.75) is 44.7 Å². The number of ether oxygens (including phenoxy) is 3. The molecule has 0 spiro atoms. The zero-order valence-corrected chi connectivity index (χ0v) is 18.3. The minimum atomic E-state index is -3.85. The van der Waals surface area contributed by atoms with Crippen LogP contribution in [-0.2, 0) is 27.8 Å². The molecule has 9 heteroatoms. The third-order valence-electron chi connectivity index (χ3n) is 4.62. The smallest absolute Gasteiger partial charge is 0.240 e. The van der Waals surface area contributed by atoms with Crippen LogP contribution >= 0.6 is 0 Å². The lowest BCUT2D eigenvalue weighted by Crippen LogP contribution is -2.24. The highest BCUT2D eigenvalue weighted by Gasteiger charge is 2.23. The summed E-state index contributed by atoms with van der Waals surface area (Å²) in [6.45, 7) is 5.70. The molecule has 0 fully saturated rings. The van der Waals surface area contributed by atoms with Crippen molar-refractivity contribution in [2.24, 2.45) is 0 Å². The molecule has 30 heavy (non-hydrogen) atoms. The first-order valence-corrected chi connectivity index (χ1v) is 11.1. The second-order valence-corrected chi connectivity index (χ2v) is 8.77. The van der Waals surface area contributed by atoms with Crippen LogP contribution in [0.4, 0.5) is 5.69 Å². The number of benzene rings is 2. The summed E-state index contributed by atoms with van der Waals surface area (Å²) in [6.07, 6.45) is 0.868. The molecule has 162 valence electrons. The Kier molecular flexibility index (Phi) is 6.52. The van der Waals surface area contributed by atoms with Crippen LogP contribution in [0, 0.1) is 0 Å². The standard InChI is InChI=1S/C21H26N2O6S/c1-5-28-20-9-15-8-13(2)29-21(15)10-16(20)12-22-30(25,26)17-6-7-19(27-4)18(11-17)23-14(3)24/h6-7,9-11,13,22H,5,8,12H2,1-4H3,(H,23,24)/t13-/m1/s1. The van der Waals surface area contributed by atoms with Gasteiger partial charge in [0.2, 0.25) is 15.9 Å². The van der Waals surface area contributed by atoms with Crippen molar-refractivity contribution in [1.82, 2.24) is 4.72 Å². The minimum absolute atomic E-state index is 0.0102. The first-order chi connectivity index (χ1) is 14.2. The number of methoxy groups -OCH3 is 1. The Labute approximate surface area is 176 Å². The molecule has 0 radical (unpaired) electrons. The van der Waals surface area contributed by atoms with Crippen molar-refractivity contribution in [2.75, 3.05) is 19.0 Å². The van der Waals surface area contributed by atoms with Crippen LogP contribution in [0.1, 0.15) is 31.9 Å². The molecule has 0 aliphatic carbocycles. The first kappa shape index (κ1) is 21.9. The zero-order valence-electron chi connectivity index (χ0n) is 17.4. The molecule has 2 aromatic carbocycles. The fraction of sp³-hybridized carbons (Fsp3) is 0.381. The average molecular weight is 435 g/mol. The number of carbonyl (C=O) groups is 1. The van der Waals surface area contributed by atoms with Crippen molar-refractivity contribution in [3.63, 3.8) is 0 Å². The molecule has 8 nitrogen and oxygen atoms in total. The Hall–Kier alpha value is -2.78. The summed E-state index contributed by atoms with van der Waals surface area (Å²) in [5.41, 5.74) is 2.01. The van der Waals surface area contributed by atoms with E-state index in [0.717, 1.165) is 17.7 Å². The topological polar surface area (TPSA) is 103 Å². The van der Waals surface area contributed by atoms with Gasteiger partial charge in [-0.15, -0.1) is 0 Å². The van der Waals surface area contributed by atoms with E-state index in [1.807, 2.05) is 26.0 Å². The van der Waals surface area contributed by atoms with Crippen molar-refractivity contribution in [1.29, 1.82) is 0 Å². The van der Waals surface area contributed by atoms with Gasteiger partial charge in [0.25, 0.3) is 0 Å². The lowest BCUT2D eigenvalue weighted by molar-refractivity contribution is -0.114. The normalized spacial score (nSPS) is 15.3. The van der Waals surface area contributed by atoms with Gasteiger partial charge in [-0.2, -0.15) is 0 Å². The molecule has 0 aromatic heterocycles. The molecule has 1 heterocycles. The first-order valence-electron chi connectivity index (χ1n) is 9.64. The van der Waals surface area contributed by atoms with E-state index >= 15 is 0 Å². The monoisotopic (exact) mass is 434 g/mol. The maximum Gasteiger partial charge on any atom is 0.240 e. The molecule has 1 amide bonds. The summed E-state index contributed by atoms with van der Waals surface area (Å²) in [5.74, 6) is 1.42. The largest absolute Gasteiger partial charge is 0.495 e. The van der Waals surface area contributed by atoms with Crippen LogP contribution < -0.4 is 24.2 Å². The Morgan fingerprint density at radius 1 is 1.23 bits per heavy atom. The number of hydrogen-bond acceptors (Lipinski definition) is 6. The summed E-state index contributed by atoms with van der Waals surface area (Å²) in [7, 11) is -2.41. The highest BCUT2D eigenvalue weighted by Crippen LogP contribution is 2.35. The molecule has 2 N–H and O–H groups in total. The number of sulfonamides is 1. The Bertz CT molecular complexity index is 1050. The van der Waals surface area contributed by atoms with E-state index in [4.69, 9.17) is 14.2 Å². The van der Waals surface area contributed by atoms with Crippen LogP contribution in [0.25, 0.3) is 0 Å². The molecule has 1 atom stereocenters. The van der Waals surface area contributed by atoms with Gasteiger partial charge in [-0.05, 0) is 44.2 Å². The SMILES string of the molecule is CCOc1cc2c(cc1CNS(=O)(=O)c1ccc(OC)c(NC(C)=O)c1)O[C@H](C)C2. The van der Waals surface area contributed by atoms with Gasteiger partial charge < -0.3 is 19.5 Å². The van der Waals surface area contributed by atoms with Crippen molar-refractivity contribution in [3.05, 3.63) is 41.5 Å². The van der Waals surface area contributed by atoms with Gasteiger partial charge in [0.15, 0.2) is 0 Å². The van der Waals surface area contributed by atoms with E-state index in [1.54, 1.807) is 0 Å². The fourth-order valence-electron chi connectivity index (χ4n) is 3.31. The molecular formula is C21H26N2O6S. The second-order valence-electron chi connectivity index (χ2n) is 7.00. The van der Waals surface area contributed by atoms with Crippen molar-refractivity contribution in [3.8, 4) is 17.2 Å². The zero-order chi connectivity index (χ0) is 21.9. The Balaban J connectivity index is 1.85. The lowest BCUT2D eigenvalue weighted by Gasteiger charge is -2.15. The van der Waals surface area contributed by atoms with Gasteiger partial charge in [-0.1, -0.05) is 0 Å². The molecule has 0 bridgehead atoms. The summed E-state index contributed by atoms with van der Waals surface area (Å²) in [4.78, 5) is 11.4. The third-order valence-corrected chi connectivity index (χ3v) is 6.02. The molecular weight excluding hydrogens is 408 g/mol. The number of amides is 1. The number of hydrogen-bond donors (Lipinski definition) is 2. The summed E-state index contributed by atoms with van der Waals surface area (Å²) in [5, 5.41) is 2.58. The Morgan fingerprint density at radius 2 is 2.00 bits per heavy atom. The molecule has 0 saturated heterocycles. The van der Waals surface area contributed by atoms with Crippen molar-refractivity contribution < 1.29 is 27.4 Å². The van der Waals surface area contributed by atoms with Crippen molar-refractivity contribution >= 4 is 21.6 Å². The van der Waals surface area contributed by atoms with E-state index < -0.39 is 10.0 Å². The van der Waals surface area contributed by atoms with Crippen LogP contribution in [-0.4, -0.2) is 34.1 Å². The number of carbonyl (C=O) groups excluding carboxylic acids is 1. The lowest BCUT2D eigenvalue weighted by atomic mass is 10.1. The van der Waals surface area contributed by atoms with Gasteiger partial charge in [0, 0.05) is 31.0 Å². The average Bonchev–Trinajstić information content (AvgIpc) is 3.04. The van der Waals surface area contributed by atoms with E-state index in [1.165, 1.54) is 32.2 Å². The maximum absolute atomic E-state index is 12.9. The van der Waals surface area contributed by atoms with Gasteiger partial charge in [-0.25, -0.2) is 13.1 Å². The maximum atomic E-state index is 12.9. The van der Waals surface area contributed by atoms with E-state index in [0.29, 0.717) is 23.7 Å². The molecule has 1 aliphatic rings. The quantitative estimate of drug-likeness (QED) is 0.662. The second kappa shape index (κ2) is 8.93. The molecule has 1 aliphatic heterocycles. The summed E-state index contributed by atoms with van der Waals surface area (Å²) in [6, 6.07) is 8.01. The van der Waals surface area contributed by atoms with Gasteiger partial charge in [-0.3, -0.25) is 4.79 Å². The fourth-order valence-corrected chi connectivity index (χ4v) is 4.34. The number of nitrogens with one attached hydrogen (secondary N) is 2. The van der Waals surface area contributed by atoms with E-state index in [2.05, 4.69) is 10.0 Å². The molecule has 0 saturated carbocycles. The highest BCUT2D eigenvalue weighted by atomic mass is 32.2. The van der Waals surface area contributed by atoms with Crippen LogP contribution in [0.2, 0.25) is 0 Å². The van der Waals surface area contributed by atoms with Gasteiger partial charge >= 0.3 is 0 Å². The van der Waals surface area contributed by atoms with Crippen LogP contribution in [0.15, 0.2) is 35.2 Å². The number of anilines is 1. The van der Waals surface area contributed by atoms with E-state index in [9.17, 15) is 13.2 Å². The number of rotatable bonds is 8. The minimum Gasteiger partial charge on any atom is -0.495 e. The summed E-state index contributed by atoms with van der Waals surface area (Å²) >= 11 is 0. The van der Waals surface area contributed by atoms with Gasteiger partial charge in [0.1, 0.15) is 23.4 Å².